The van der Waals surface area contributed by atoms with Crippen molar-refractivity contribution < 1.29 is 4.42 Å². The zero-order chi connectivity index (χ0) is 38.9. The van der Waals surface area contributed by atoms with E-state index in [1.54, 1.807) is 0 Å². The van der Waals surface area contributed by atoms with Crippen LogP contribution in [-0.4, -0.2) is 11.7 Å². The van der Waals surface area contributed by atoms with Gasteiger partial charge in [-0.15, -0.1) is 0 Å². The first-order valence-corrected chi connectivity index (χ1v) is 20.1. The van der Waals surface area contributed by atoms with Gasteiger partial charge in [-0.3, -0.25) is 0 Å². The Kier molecular flexibility index (Phi) is 7.57. The quantitative estimate of drug-likeness (QED) is 0.190. The maximum absolute atomic E-state index is 6.90. The fourth-order valence-electron chi connectivity index (χ4n) is 8.73. The third-order valence-electron chi connectivity index (χ3n) is 11.8. The second-order valence-electron chi connectivity index (χ2n) is 15.5. The second-order valence-corrected chi connectivity index (χ2v) is 15.5. The van der Waals surface area contributed by atoms with E-state index in [1.807, 2.05) is 0 Å². The van der Waals surface area contributed by atoms with Gasteiger partial charge in [-0.05, 0) is 108 Å². The molecule has 0 saturated carbocycles. The summed E-state index contributed by atoms with van der Waals surface area (Å²) >= 11 is 0. The minimum atomic E-state index is -0.496. The molecular formula is C55H35N3O. The van der Waals surface area contributed by atoms with Crippen LogP contribution in [0.3, 0.4) is 0 Å². The van der Waals surface area contributed by atoms with Crippen molar-refractivity contribution in [3.63, 3.8) is 0 Å². The maximum atomic E-state index is 6.90. The monoisotopic (exact) mass is 753 g/mol. The van der Waals surface area contributed by atoms with Gasteiger partial charge in [-0.2, -0.15) is 0 Å². The summed E-state index contributed by atoms with van der Waals surface area (Å²) in [6.45, 7) is 0. The standard InChI is InChI=1S/C55H35N3O/c1-4-12-39-27-44(24-21-34(39)9-1)37-17-19-38(20-18-37)47-31-49-48-30-42-15-7-8-16-43(42)33-51(48)59-52(49)50(32-47)55-57-53(45-25-22-35-10-2-5-13-40(35)28-45)56-54(58-55)46-26-23-36-11-3-6-14-41(36)29-46/h1-33,55H,(H,56,57,58). The molecule has 0 fully saturated rings. The largest absolute Gasteiger partial charge is 0.456 e. The average Bonchev–Trinajstić information content (AvgIpc) is 3.67. The third kappa shape index (κ3) is 5.84. The van der Waals surface area contributed by atoms with Crippen LogP contribution in [0, 0.1) is 0 Å². The number of hydrogen-bond donors (Lipinski definition) is 1. The summed E-state index contributed by atoms with van der Waals surface area (Å²) in [5.74, 6) is 1.43. The van der Waals surface area contributed by atoms with Crippen LogP contribution in [-0.2, 0) is 0 Å². The molecule has 0 bridgehead atoms. The van der Waals surface area contributed by atoms with E-state index in [0.29, 0.717) is 5.84 Å². The number of nitrogens with zero attached hydrogens (tertiary/aromatic N) is 2. The topological polar surface area (TPSA) is 49.9 Å². The highest BCUT2D eigenvalue weighted by atomic mass is 16.3. The summed E-state index contributed by atoms with van der Waals surface area (Å²) in [5, 5.41) is 15.4. The van der Waals surface area contributed by atoms with Crippen molar-refractivity contribution in [1.29, 1.82) is 0 Å². The van der Waals surface area contributed by atoms with Gasteiger partial charge in [0.05, 0.1) is 0 Å². The second kappa shape index (κ2) is 13.4. The molecule has 10 aromatic carbocycles. The summed E-state index contributed by atoms with van der Waals surface area (Å²) in [5.41, 5.74) is 9.14. The summed E-state index contributed by atoms with van der Waals surface area (Å²) in [7, 11) is 0. The van der Waals surface area contributed by atoms with E-state index in [9.17, 15) is 0 Å². The molecule has 1 N–H and O–H groups in total. The van der Waals surface area contributed by atoms with Crippen molar-refractivity contribution in [3.8, 4) is 22.3 Å². The minimum Gasteiger partial charge on any atom is -0.456 e. The number of rotatable bonds is 5. The lowest BCUT2D eigenvalue weighted by molar-refractivity contribution is 0.629. The van der Waals surface area contributed by atoms with Gasteiger partial charge in [-0.25, -0.2) is 9.98 Å². The molecule has 12 rings (SSSR count). The lowest BCUT2D eigenvalue weighted by Gasteiger charge is -2.24. The Morgan fingerprint density at radius 1 is 0.373 bits per heavy atom. The molecule has 276 valence electrons. The molecule has 1 atom stereocenters. The summed E-state index contributed by atoms with van der Waals surface area (Å²) in [6.07, 6.45) is -0.496. The van der Waals surface area contributed by atoms with Crippen molar-refractivity contribution in [1.82, 2.24) is 5.32 Å². The molecule has 0 radical (unpaired) electrons. The number of amidine groups is 2. The van der Waals surface area contributed by atoms with Crippen molar-refractivity contribution in [2.24, 2.45) is 9.98 Å². The van der Waals surface area contributed by atoms with Gasteiger partial charge in [0.15, 0.2) is 12.0 Å². The molecule has 4 heteroatoms. The molecule has 1 aliphatic heterocycles. The zero-order valence-electron chi connectivity index (χ0n) is 31.9. The van der Waals surface area contributed by atoms with E-state index >= 15 is 0 Å². The van der Waals surface area contributed by atoms with Gasteiger partial charge in [-0.1, -0.05) is 158 Å². The molecule has 0 saturated heterocycles. The molecule has 59 heavy (non-hydrogen) atoms. The Hall–Kier alpha value is -7.82. The van der Waals surface area contributed by atoms with Crippen LogP contribution >= 0.6 is 0 Å². The minimum absolute atomic E-state index is 0.496. The predicted octanol–water partition coefficient (Wildman–Crippen LogP) is 14.0. The van der Waals surface area contributed by atoms with E-state index in [1.165, 1.54) is 38.1 Å². The molecule has 1 aromatic heterocycles. The number of benzene rings is 10. The highest BCUT2D eigenvalue weighted by molar-refractivity contribution is 6.16. The molecule has 1 unspecified atom stereocenters. The third-order valence-corrected chi connectivity index (χ3v) is 11.8. The summed E-state index contributed by atoms with van der Waals surface area (Å²) < 4.78 is 6.90. The number of hydrogen-bond acceptors (Lipinski definition) is 4. The van der Waals surface area contributed by atoms with Crippen LogP contribution in [0.1, 0.15) is 22.9 Å². The van der Waals surface area contributed by atoms with E-state index < -0.39 is 6.17 Å². The van der Waals surface area contributed by atoms with Crippen molar-refractivity contribution in [3.05, 3.63) is 217 Å². The summed E-state index contributed by atoms with van der Waals surface area (Å²) in [4.78, 5) is 10.6. The highest BCUT2D eigenvalue weighted by Crippen LogP contribution is 2.40. The van der Waals surface area contributed by atoms with E-state index in [0.717, 1.165) is 71.8 Å². The predicted molar refractivity (Wildman–Crippen MR) is 246 cm³/mol. The molecule has 2 heterocycles. The molecular weight excluding hydrogens is 719 g/mol. The summed E-state index contributed by atoms with van der Waals surface area (Å²) in [6, 6.07) is 71.3. The number of aliphatic imine (C=N–C) groups is 2. The van der Waals surface area contributed by atoms with Gasteiger partial charge in [0.1, 0.15) is 17.0 Å². The van der Waals surface area contributed by atoms with Crippen LogP contribution in [0.5, 0.6) is 0 Å². The number of nitrogens with one attached hydrogen (secondary N) is 1. The van der Waals surface area contributed by atoms with Gasteiger partial charge < -0.3 is 9.73 Å². The number of furan rings is 1. The van der Waals surface area contributed by atoms with E-state index in [2.05, 4.69) is 206 Å². The zero-order valence-corrected chi connectivity index (χ0v) is 31.9. The Morgan fingerprint density at radius 3 is 1.47 bits per heavy atom. The Labute approximate surface area is 340 Å². The fourth-order valence-corrected chi connectivity index (χ4v) is 8.73. The first-order valence-electron chi connectivity index (χ1n) is 20.1. The molecule has 11 aromatic rings. The van der Waals surface area contributed by atoms with Crippen LogP contribution in [0.2, 0.25) is 0 Å². The van der Waals surface area contributed by atoms with Gasteiger partial charge in [0.25, 0.3) is 0 Å². The van der Waals surface area contributed by atoms with Crippen LogP contribution in [0.25, 0.3) is 87.3 Å². The number of fused-ring (bicyclic) bond motifs is 7. The molecule has 0 spiro atoms. The van der Waals surface area contributed by atoms with Gasteiger partial charge >= 0.3 is 0 Å². The lowest BCUT2D eigenvalue weighted by atomic mass is 9.95. The molecule has 0 amide bonds. The smallest absolute Gasteiger partial charge is 0.159 e. The Morgan fingerprint density at radius 2 is 0.847 bits per heavy atom. The molecule has 0 aliphatic carbocycles. The maximum Gasteiger partial charge on any atom is 0.159 e. The molecule has 1 aliphatic rings. The SMILES string of the molecule is c1ccc2cc(C3=NC(c4cc(-c5ccc(-c6ccc7ccccc7c6)cc5)cc5c4oc4cc6ccccc6cc45)NC(c4ccc5ccccc5c4)=N3)ccc2c1. The van der Waals surface area contributed by atoms with Crippen LogP contribution < -0.4 is 5.32 Å². The van der Waals surface area contributed by atoms with Gasteiger partial charge in [0.2, 0.25) is 0 Å². The first-order chi connectivity index (χ1) is 29.2. The molecule has 4 nitrogen and oxygen atoms in total. The lowest BCUT2D eigenvalue weighted by Crippen LogP contribution is -2.33. The van der Waals surface area contributed by atoms with Crippen molar-refractivity contribution in [2.45, 2.75) is 6.17 Å². The van der Waals surface area contributed by atoms with Crippen molar-refractivity contribution >= 4 is 76.7 Å². The van der Waals surface area contributed by atoms with Gasteiger partial charge in [0, 0.05) is 27.5 Å². The highest BCUT2D eigenvalue weighted by Gasteiger charge is 2.26. The van der Waals surface area contributed by atoms with Crippen LogP contribution in [0.15, 0.2) is 215 Å². The van der Waals surface area contributed by atoms with Crippen molar-refractivity contribution in [2.75, 3.05) is 0 Å². The Balaban J connectivity index is 1.05. The van der Waals surface area contributed by atoms with E-state index in [4.69, 9.17) is 14.4 Å². The fraction of sp³-hybridized carbons (Fsp3) is 0.0182. The normalized spacial score (nSPS) is 14.3. The Bertz CT molecular complexity index is 3540. The van der Waals surface area contributed by atoms with E-state index in [-0.39, 0.29) is 0 Å². The first kappa shape index (κ1) is 33.3. The average molecular weight is 754 g/mol. The van der Waals surface area contributed by atoms with Crippen LogP contribution in [0.4, 0.5) is 0 Å².